The molecule has 3 aromatic rings. The third-order valence-electron chi connectivity index (χ3n) is 3.87. The summed E-state index contributed by atoms with van der Waals surface area (Å²) in [5.74, 6) is -0.682. The third-order valence-corrected chi connectivity index (χ3v) is 4.96. The van der Waals surface area contributed by atoms with E-state index in [0.717, 1.165) is 11.1 Å². The first-order valence-corrected chi connectivity index (χ1v) is 9.62. The Morgan fingerprint density at radius 2 is 1.36 bits per heavy atom. The Morgan fingerprint density at radius 3 is 1.93 bits per heavy atom. The topological polar surface area (TPSA) is 84.5 Å². The number of rotatable bonds is 7. The zero-order valence-electron chi connectivity index (χ0n) is 15.0. The Labute approximate surface area is 167 Å². The molecule has 0 aliphatic rings. The molecular weight excluding hydrogens is 370 g/mol. The molecule has 0 aliphatic carbocycles. The molecule has 0 fully saturated rings. The van der Waals surface area contributed by atoms with Crippen molar-refractivity contribution in [1.82, 2.24) is 5.43 Å². The van der Waals surface area contributed by atoms with Crippen molar-refractivity contribution in [2.24, 2.45) is 10.8 Å². The Morgan fingerprint density at radius 1 is 0.821 bits per heavy atom. The summed E-state index contributed by atoms with van der Waals surface area (Å²) in [6.45, 7) is 0. The first kappa shape index (κ1) is 19.4. The molecule has 6 heteroatoms. The van der Waals surface area contributed by atoms with Crippen LogP contribution in [0.5, 0.6) is 0 Å². The highest BCUT2D eigenvalue weighted by molar-refractivity contribution is 8.00. The molecular formula is C22H19N3O2S. The van der Waals surface area contributed by atoms with Gasteiger partial charge in [-0.05, 0) is 12.1 Å². The number of thioether (sulfide) groups is 1. The van der Waals surface area contributed by atoms with Gasteiger partial charge in [0.25, 0.3) is 5.91 Å². The maximum absolute atomic E-state index is 12.7. The van der Waals surface area contributed by atoms with Gasteiger partial charge < -0.3 is 5.73 Å². The second kappa shape index (κ2) is 9.53. The van der Waals surface area contributed by atoms with E-state index in [1.165, 1.54) is 11.8 Å². The van der Waals surface area contributed by atoms with Crippen LogP contribution in [0.3, 0.4) is 0 Å². The molecule has 0 aliphatic heterocycles. The molecule has 0 bridgehead atoms. The lowest BCUT2D eigenvalue weighted by Crippen LogP contribution is -2.21. The van der Waals surface area contributed by atoms with E-state index in [4.69, 9.17) is 5.73 Å². The van der Waals surface area contributed by atoms with Gasteiger partial charge in [0.15, 0.2) is 0 Å². The number of amides is 2. The van der Waals surface area contributed by atoms with Gasteiger partial charge in [0.2, 0.25) is 5.91 Å². The van der Waals surface area contributed by atoms with Gasteiger partial charge in [-0.15, -0.1) is 11.8 Å². The number of carbonyl (C=O) groups is 2. The first-order chi connectivity index (χ1) is 13.6. The van der Waals surface area contributed by atoms with E-state index in [1.807, 2.05) is 66.7 Å². The minimum absolute atomic E-state index is 0.104. The number of nitrogens with one attached hydrogen (secondary N) is 1. The number of hydrazone groups is 1. The van der Waals surface area contributed by atoms with E-state index in [2.05, 4.69) is 10.5 Å². The second-order valence-corrected chi connectivity index (χ2v) is 6.90. The maximum Gasteiger partial charge on any atom is 0.272 e. The quantitative estimate of drug-likeness (QED) is 0.369. The lowest BCUT2D eigenvalue weighted by atomic mass is 10.0. The summed E-state index contributed by atoms with van der Waals surface area (Å²) in [6, 6.07) is 26.3. The highest BCUT2D eigenvalue weighted by atomic mass is 32.2. The SMILES string of the molecule is NC(=O)CSc1ccccc1C(=O)NN=C(c1ccccc1)c1ccccc1. The van der Waals surface area contributed by atoms with E-state index >= 15 is 0 Å². The molecule has 0 saturated carbocycles. The number of primary amides is 1. The van der Waals surface area contributed by atoms with E-state index in [9.17, 15) is 9.59 Å². The number of nitrogens with zero attached hydrogens (tertiary/aromatic N) is 1. The predicted molar refractivity (Wildman–Crippen MR) is 112 cm³/mol. The Kier molecular flexibility index (Phi) is 6.59. The van der Waals surface area contributed by atoms with Crippen LogP contribution in [0.15, 0.2) is 94.9 Å². The van der Waals surface area contributed by atoms with Gasteiger partial charge in [0, 0.05) is 16.0 Å². The summed E-state index contributed by atoms with van der Waals surface area (Å²) in [6.07, 6.45) is 0. The first-order valence-electron chi connectivity index (χ1n) is 8.64. The normalized spacial score (nSPS) is 10.1. The minimum Gasteiger partial charge on any atom is -0.369 e. The monoisotopic (exact) mass is 389 g/mol. The second-order valence-electron chi connectivity index (χ2n) is 5.88. The number of carbonyl (C=O) groups excluding carboxylic acids is 2. The third kappa shape index (κ3) is 5.08. The van der Waals surface area contributed by atoms with Crippen LogP contribution in [0, 0.1) is 0 Å². The van der Waals surface area contributed by atoms with Crippen molar-refractivity contribution in [3.63, 3.8) is 0 Å². The molecule has 5 nitrogen and oxygen atoms in total. The summed E-state index contributed by atoms with van der Waals surface area (Å²) >= 11 is 1.23. The van der Waals surface area contributed by atoms with Crippen LogP contribution in [0.25, 0.3) is 0 Å². The van der Waals surface area contributed by atoms with Gasteiger partial charge in [0.1, 0.15) is 0 Å². The molecule has 0 heterocycles. The highest BCUT2D eigenvalue weighted by Crippen LogP contribution is 2.22. The predicted octanol–water partition coefficient (Wildman–Crippen LogP) is 3.45. The lowest BCUT2D eigenvalue weighted by Gasteiger charge is -2.10. The molecule has 28 heavy (non-hydrogen) atoms. The zero-order valence-corrected chi connectivity index (χ0v) is 15.9. The number of benzene rings is 3. The average Bonchev–Trinajstić information content (AvgIpc) is 2.74. The summed E-state index contributed by atoms with van der Waals surface area (Å²) in [7, 11) is 0. The molecule has 0 radical (unpaired) electrons. The van der Waals surface area contributed by atoms with E-state index in [0.29, 0.717) is 16.2 Å². The fourth-order valence-electron chi connectivity index (χ4n) is 2.58. The summed E-state index contributed by atoms with van der Waals surface area (Å²) in [5.41, 5.74) is 10.7. The van der Waals surface area contributed by atoms with Crippen molar-refractivity contribution in [3.05, 3.63) is 102 Å². The van der Waals surface area contributed by atoms with Gasteiger partial charge in [-0.25, -0.2) is 5.43 Å². The van der Waals surface area contributed by atoms with E-state index < -0.39 is 5.91 Å². The summed E-state index contributed by atoms with van der Waals surface area (Å²) in [4.78, 5) is 24.5. The van der Waals surface area contributed by atoms with E-state index in [-0.39, 0.29) is 11.7 Å². The molecule has 0 unspecified atom stereocenters. The van der Waals surface area contributed by atoms with Crippen molar-refractivity contribution >= 4 is 29.3 Å². The molecule has 0 atom stereocenters. The molecule has 3 rings (SSSR count). The molecule has 2 amide bonds. The van der Waals surface area contributed by atoms with Gasteiger partial charge in [-0.1, -0.05) is 72.8 Å². The zero-order chi connectivity index (χ0) is 19.8. The molecule has 0 spiro atoms. The van der Waals surface area contributed by atoms with Crippen LogP contribution in [0.2, 0.25) is 0 Å². The number of hydrogen-bond acceptors (Lipinski definition) is 4. The summed E-state index contributed by atoms with van der Waals surface area (Å²) in [5, 5.41) is 4.39. The van der Waals surface area contributed by atoms with E-state index in [1.54, 1.807) is 18.2 Å². The van der Waals surface area contributed by atoms with Crippen molar-refractivity contribution in [1.29, 1.82) is 0 Å². The van der Waals surface area contributed by atoms with Crippen molar-refractivity contribution in [3.8, 4) is 0 Å². The van der Waals surface area contributed by atoms with Crippen LogP contribution in [0.4, 0.5) is 0 Å². The smallest absolute Gasteiger partial charge is 0.272 e. The Balaban J connectivity index is 1.88. The minimum atomic E-state index is -0.436. The van der Waals surface area contributed by atoms with Crippen LogP contribution in [-0.2, 0) is 4.79 Å². The number of nitrogens with two attached hydrogens (primary N) is 1. The summed E-state index contributed by atoms with van der Waals surface area (Å²) < 4.78 is 0. The van der Waals surface area contributed by atoms with Crippen LogP contribution in [0.1, 0.15) is 21.5 Å². The molecule has 0 saturated heterocycles. The Bertz CT molecular complexity index is 947. The number of hydrogen-bond donors (Lipinski definition) is 2. The lowest BCUT2D eigenvalue weighted by molar-refractivity contribution is -0.115. The van der Waals surface area contributed by atoms with Gasteiger partial charge in [0.05, 0.1) is 17.0 Å². The van der Waals surface area contributed by atoms with Crippen molar-refractivity contribution < 1.29 is 9.59 Å². The average molecular weight is 389 g/mol. The molecule has 140 valence electrons. The van der Waals surface area contributed by atoms with Crippen molar-refractivity contribution in [2.75, 3.05) is 5.75 Å². The van der Waals surface area contributed by atoms with Gasteiger partial charge >= 0.3 is 0 Å². The highest BCUT2D eigenvalue weighted by Gasteiger charge is 2.13. The Hall–Kier alpha value is -3.38. The van der Waals surface area contributed by atoms with Gasteiger partial charge in [-0.3, -0.25) is 9.59 Å². The van der Waals surface area contributed by atoms with Gasteiger partial charge in [-0.2, -0.15) is 5.10 Å². The largest absolute Gasteiger partial charge is 0.369 e. The van der Waals surface area contributed by atoms with Crippen LogP contribution in [-0.4, -0.2) is 23.3 Å². The fraction of sp³-hybridized carbons (Fsp3) is 0.0455. The standard InChI is InChI=1S/C22H19N3O2S/c23-20(26)15-28-19-14-8-7-13-18(19)22(27)25-24-21(16-9-3-1-4-10-16)17-11-5-2-6-12-17/h1-14H,15H2,(H2,23,26)(H,25,27). The molecule has 3 aromatic carbocycles. The van der Waals surface area contributed by atoms with Crippen molar-refractivity contribution in [2.45, 2.75) is 4.90 Å². The van der Waals surface area contributed by atoms with Crippen LogP contribution < -0.4 is 11.2 Å². The maximum atomic E-state index is 12.7. The molecule has 3 N–H and O–H groups in total. The molecule has 0 aromatic heterocycles. The fourth-order valence-corrected chi connectivity index (χ4v) is 3.37. The van der Waals surface area contributed by atoms with Crippen LogP contribution >= 0.6 is 11.8 Å².